The van der Waals surface area contributed by atoms with Crippen molar-refractivity contribution in [2.75, 3.05) is 11.4 Å². The Labute approximate surface area is 169 Å². The summed E-state index contributed by atoms with van der Waals surface area (Å²) in [7, 11) is 0. The molecular weight excluding hydrogens is 367 g/mol. The fourth-order valence-corrected chi connectivity index (χ4v) is 3.70. The summed E-state index contributed by atoms with van der Waals surface area (Å²) in [6.07, 6.45) is 1.79. The molecule has 0 fully saturated rings. The van der Waals surface area contributed by atoms with Crippen LogP contribution in [0.25, 0.3) is 0 Å². The molecule has 4 rings (SSSR count). The van der Waals surface area contributed by atoms with Crippen LogP contribution < -0.4 is 10.2 Å². The summed E-state index contributed by atoms with van der Waals surface area (Å²) in [4.78, 5) is 28.0. The van der Waals surface area contributed by atoms with Gasteiger partial charge < -0.3 is 10.2 Å². The number of aryl methyl sites for hydroxylation is 1. The zero-order valence-corrected chi connectivity index (χ0v) is 15.8. The van der Waals surface area contributed by atoms with Gasteiger partial charge in [0.2, 0.25) is 0 Å². The second kappa shape index (κ2) is 8.27. The average molecular weight is 388 g/mol. The van der Waals surface area contributed by atoms with Gasteiger partial charge in [-0.15, -0.1) is 0 Å². The van der Waals surface area contributed by atoms with Gasteiger partial charge in [-0.25, -0.2) is 4.39 Å². The van der Waals surface area contributed by atoms with Crippen molar-refractivity contribution in [3.8, 4) is 0 Å². The zero-order chi connectivity index (χ0) is 20.2. The molecule has 1 N–H and O–H groups in total. The van der Waals surface area contributed by atoms with Crippen LogP contribution >= 0.6 is 0 Å². The van der Waals surface area contributed by atoms with E-state index in [1.165, 1.54) is 18.2 Å². The van der Waals surface area contributed by atoms with Gasteiger partial charge >= 0.3 is 0 Å². The predicted octanol–water partition coefficient (Wildman–Crippen LogP) is 4.28. The van der Waals surface area contributed by atoms with Gasteiger partial charge in [0, 0.05) is 17.8 Å². The summed E-state index contributed by atoms with van der Waals surface area (Å²) in [5.74, 6) is -1.18. The molecule has 3 aromatic rings. The third-order valence-corrected chi connectivity index (χ3v) is 5.12. The molecule has 1 aliphatic rings. The van der Waals surface area contributed by atoms with Crippen LogP contribution in [0.2, 0.25) is 0 Å². The lowest BCUT2D eigenvalue weighted by molar-refractivity contribution is -0.120. The molecule has 0 aromatic heterocycles. The lowest BCUT2D eigenvalue weighted by atomic mass is 9.99. The third-order valence-electron chi connectivity index (χ3n) is 5.12. The van der Waals surface area contributed by atoms with Gasteiger partial charge in [-0.3, -0.25) is 9.59 Å². The largest absolute Gasteiger partial charge is 0.336 e. The highest BCUT2D eigenvalue weighted by molar-refractivity contribution is 6.03. The van der Waals surface area contributed by atoms with Crippen molar-refractivity contribution in [3.05, 3.63) is 101 Å². The number of hydrogen-bond acceptors (Lipinski definition) is 2. The lowest BCUT2D eigenvalue weighted by Crippen LogP contribution is -2.45. The van der Waals surface area contributed by atoms with Gasteiger partial charge in [-0.1, -0.05) is 54.6 Å². The first-order valence-electron chi connectivity index (χ1n) is 9.64. The maximum atomic E-state index is 13.5. The number of hydrogen-bond donors (Lipinski definition) is 1. The third kappa shape index (κ3) is 4.04. The Kier molecular flexibility index (Phi) is 5.38. The Morgan fingerprint density at radius 3 is 2.48 bits per heavy atom. The summed E-state index contributed by atoms with van der Waals surface area (Å²) < 4.78 is 13.5. The fraction of sp³-hybridized carbons (Fsp3) is 0.167. The van der Waals surface area contributed by atoms with E-state index in [0.29, 0.717) is 12.1 Å². The van der Waals surface area contributed by atoms with E-state index in [1.807, 2.05) is 54.6 Å². The number of nitrogens with zero attached hydrogens (tertiary/aromatic N) is 1. The van der Waals surface area contributed by atoms with E-state index in [4.69, 9.17) is 0 Å². The zero-order valence-electron chi connectivity index (χ0n) is 15.8. The van der Waals surface area contributed by atoms with Crippen molar-refractivity contribution in [1.82, 2.24) is 5.32 Å². The van der Waals surface area contributed by atoms with Gasteiger partial charge in [0.05, 0.1) is 0 Å². The molecule has 5 heteroatoms. The molecule has 1 heterocycles. The standard InChI is InChI=1S/C24H21FN2O2/c25-20-13-6-11-19(16-20)23(28)26-22(18-9-2-1-3-10-18)24(29)27-15-7-12-17-8-4-5-14-21(17)27/h1-6,8-11,13-14,16,22H,7,12,15H2,(H,26,28)/t22-/m1/s1. The van der Waals surface area contributed by atoms with Crippen LogP contribution in [-0.4, -0.2) is 18.4 Å². The molecule has 146 valence electrons. The highest BCUT2D eigenvalue weighted by atomic mass is 19.1. The second-order valence-corrected chi connectivity index (χ2v) is 7.05. The number of halogens is 1. The van der Waals surface area contributed by atoms with Gasteiger partial charge in [0.15, 0.2) is 0 Å². The number of benzene rings is 3. The van der Waals surface area contributed by atoms with Crippen molar-refractivity contribution < 1.29 is 14.0 Å². The molecule has 0 saturated carbocycles. The fourth-order valence-electron chi connectivity index (χ4n) is 3.70. The maximum Gasteiger partial charge on any atom is 0.254 e. The molecule has 0 radical (unpaired) electrons. The number of anilines is 1. The molecule has 29 heavy (non-hydrogen) atoms. The Morgan fingerprint density at radius 2 is 1.69 bits per heavy atom. The van der Waals surface area contributed by atoms with Crippen LogP contribution in [-0.2, 0) is 11.2 Å². The molecule has 3 aromatic carbocycles. The van der Waals surface area contributed by atoms with Gasteiger partial charge in [0.1, 0.15) is 11.9 Å². The molecule has 4 nitrogen and oxygen atoms in total. The predicted molar refractivity (Wildman–Crippen MR) is 110 cm³/mol. The van der Waals surface area contributed by atoms with Gasteiger partial charge in [-0.05, 0) is 48.2 Å². The summed E-state index contributed by atoms with van der Waals surface area (Å²) >= 11 is 0. The summed E-state index contributed by atoms with van der Waals surface area (Å²) in [6, 6.07) is 21.6. The number of rotatable bonds is 4. The van der Waals surface area contributed by atoms with Crippen LogP contribution in [0.5, 0.6) is 0 Å². The van der Waals surface area contributed by atoms with E-state index < -0.39 is 17.8 Å². The van der Waals surface area contributed by atoms with Crippen LogP contribution in [0.15, 0.2) is 78.9 Å². The van der Waals surface area contributed by atoms with Gasteiger partial charge in [-0.2, -0.15) is 0 Å². The minimum absolute atomic E-state index is 0.178. The smallest absolute Gasteiger partial charge is 0.254 e. The van der Waals surface area contributed by atoms with E-state index in [9.17, 15) is 14.0 Å². The van der Waals surface area contributed by atoms with Gasteiger partial charge in [0.25, 0.3) is 11.8 Å². The molecule has 0 unspecified atom stereocenters. The number of carbonyl (C=O) groups excluding carboxylic acids is 2. The van der Waals surface area contributed by atoms with E-state index in [-0.39, 0.29) is 11.5 Å². The quantitative estimate of drug-likeness (QED) is 0.725. The Bertz CT molecular complexity index is 1040. The summed E-state index contributed by atoms with van der Waals surface area (Å²) in [5.41, 5.74) is 2.86. The van der Waals surface area contributed by atoms with Crippen molar-refractivity contribution in [2.24, 2.45) is 0 Å². The molecule has 0 bridgehead atoms. The Balaban J connectivity index is 1.67. The number of amides is 2. The van der Waals surface area contributed by atoms with Crippen LogP contribution in [0, 0.1) is 5.82 Å². The number of nitrogens with one attached hydrogen (secondary N) is 1. The normalized spacial score (nSPS) is 14.0. The monoisotopic (exact) mass is 388 g/mol. The van der Waals surface area contributed by atoms with Crippen LogP contribution in [0.1, 0.15) is 33.9 Å². The first kappa shape index (κ1) is 18.9. The minimum Gasteiger partial charge on any atom is -0.336 e. The lowest BCUT2D eigenvalue weighted by Gasteiger charge is -2.32. The minimum atomic E-state index is -0.863. The first-order chi connectivity index (χ1) is 14.1. The van der Waals surface area contributed by atoms with Crippen LogP contribution in [0.3, 0.4) is 0 Å². The highest BCUT2D eigenvalue weighted by Gasteiger charge is 2.31. The van der Waals surface area contributed by atoms with E-state index in [2.05, 4.69) is 5.32 Å². The SMILES string of the molecule is O=C(N[C@@H](C(=O)N1CCCc2ccccc21)c1ccccc1)c1cccc(F)c1. The average Bonchev–Trinajstić information content (AvgIpc) is 2.77. The second-order valence-electron chi connectivity index (χ2n) is 7.05. The van der Waals surface area contributed by atoms with E-state index in [0.717, 1.165) is 30.2 Å². The molecule has 0 saturated heterocycles. The van der Waals surface area contributed by atoms with E-state index >= 15 is 0 Å². The summed E-state index contributed by atoms with van der Waals surface area (Å²) in [5, 5.41) is 2.81. The molecule has 0 aliphatic carbocycles. The molecular formula is C24H21FN2O2. The molecule has 1 atom stereocenters. The van der Waals surface area contributed by atoms with Crippen molar-refractivity contribution in [1.29, 1.82) is 0 Å². The van der Waals surface area contributed by atoms with Crippen molar-refractivity contribution in [2.45, 2.75) is 18.9 Å². The van der Waals surface area contributed by atoms with Crippen molar-refractivity contribution in [3.63, 3.8) is 0 Å². The van der Waals surface area contributed by atoms with E-state index in [1.54, 1.807) is 4.90 Å². The van der Waals surface area contributed by atoms with Crippen LogP contribution in [0.4, 0.5) is 10.1 Å². The number of para-hydroxylation sites is 1. The molecule has 2 amide bonds. The Hall–Kier alpha value is -3.47. The molecule has 0 spiro atoms. The number of carbonyl (C=O) groups is 2. The first-order valence-corrected chi connectivity index (χ1v) is 9.64. The topological polar surface area (TPSA) is 49.4 Å². The maximum absolute atomic E-state index is 13.5. The van der Waals surface area contributed by atoms with Crippen molar-refractivity contribution >= 4 is 17.5 Å². The summed E-state index contributed by atoms with van der Waals surface area (Å²) in [6.45, 7) is 0.592. The highest BCUT2D eigenvalue weighted by Crippen LogP contribution is 2.29. The molecule has 1 aliphatic heterocycles. The number of fused-ring (bicyclic) bond motifs is 1. The Morgan fingerprint density at radius 1 is 0.931 bits per heavy atom.